The van der Waals surface area contributed by atoms with E-state index in [2.05, 4.69) is 10.3 Å². The van der Waals surface area contributed by atoms with Gasteiger partial charge < -0.3 is 19.5 Å². The van der Waals surface area contributed by atoms with Gasteiger partial charge in [-0.25, -0.2) is 18.3 Å². The highest BCUT2D eigenvalue weighted by Crippen LogP contribution is 2.63. The molecular weight excluding hydrogens is 683 g/mol. The van der Waals surface area contributed by atoms with Crippen molar-refractivity contribution in [2.75, 3.05) is 25.6 Å². The molecule has 2 aromatic heterocycles. The summed E-state index contributed by atoms with van der Waals surface area (Å²) in [5.74, 6) is -1.93. The standard InChI is InChI=1S/C36H38F2N5O7P/c1-6-46-30-28-29(43(22-39-28)32-34(4,37)31-35(38,48-32)21-47-51(44,50-31)49-23(2)3)40-33(41-30)42-36(24-13-9-7-10-14-24,25-15-11-8-12-16-25)26-17-19-27(45-5)20-18-26/h7-20,22-23,31-32H,6,21H2,1-5H3,(H,40,41,42)/t31-,32-,34+,35+,51?/m0/s1. The molecule has 0 spiro atoms. The zero-order valence-electron chi connectivity index (χ0n) is 28.7. The van der Waals surface area contributed by atoms with Gasteiger partial charge in [0.15, 0.2) is 29.2 Å². The van der Waals surface area contributed by atoms with Gasteiger partial charge in [0.1, 0.15) is 17.9 Å². The van der Waals surface area contributed by atoms with Crippen molar-refractivity contribution in [3.05, 3.63) is 108 Å². The first-order valence-electron chi connectivity index (χ1n) is 16.5. The minimum Gasteiger partial charge on any atom is -0.497 e. The van der Waals surface area contributed by atoms with Crippen molar-refractivity contribution < 1.29 is 41.1 Å². The molecular formula is C36H38F2N5O7P. The van der Waals surface area contributed by atoms with Gasteiger partial charge in [0.25, 0.3) is 5.85 Å². The Morgan fingerprint density at radius 1 is 1.00 bits per heavy atom. The molecule has 2 aliphatic heterocycles. The molecule has 0 bridgehead atoms. The molecule has 0 radical (unpaired) electrons. The van der Waals surface area contributed by atoms with E-state index in [0.29, 0.717) is 5.75 Å². The lowest BCUT2D eigenvalue weighted by molar-refractivity contribution is -0.220. The van der Waals surface area contributed by atoms with Crippen LogP contribution in [0.2, 0.25) is 0 Å². The van der Waals surface area contributed by atoms with Gasteiger partial charge in [0.2, 0.25) is 11.8 Å². The van der Waals surface area contributed by atoms with Gasteiger partial charge in [0, 0.05) is 0 Å². The number of ether oxygens (including phenoxy) is 3. The Labute approximate surface area is 293 Å². The number of hydrogen-bond donors (Lipinski definition) is 1. The Hall–Kier alpha value is -4.46. The van der Waals surface area contributed by atoms with Crippen LogP contribution in [0, 0.1) is 0 Å². The summed E-state index contributed by atoms with van der Waals surface area (Å²) in [6.45, 7) is 5.44. The highest BCUT2D eigenvalue weighted by molar-refractivity contribution is 7.48. The number of hydrogen-bond acceptors (Lipinski definition) is 11. The molecule has 1 unspecified atom stereocenters. The fourth-order valence-electron chi connectivity index (χ4n) is 6.63. The summed E-state index contributed by atoms with van der Waals surface area (Å²) in [7, 11) is -2.70. The number of anilines is 1. The minimum atomic E-state index is -4.30. The number of rotatable bonds is 11. The number of benzene rings is 3. The second-order valence-electron chi connectivity index (χ2n) is 12.7. The molecule has 0 saturated carbocycles. The minimum absolute atomic E-state index is 0.0827. The molecule has 268 valence electrons. The fraction of sp³-hybridized carbons (Fsp3) is 0.361. The van der Waals surface area contributed by atoms with Gasteiger partial charge in [-0.15, -0.1) is 0 Å². The SMILES string of the molecule is CCOc1nc(NC(c2ccccc2)(c2ccccc2)c2ccc(OC)cc2)nc2c1ncn2[C@H]1O[C@]2(F)COP(=O)(OC(C)C)O[C@H]2[C@@]1(C)F. The number of nitrogens with one attached hydrogen (secondary N) is 1. The third-order valence-corrected chi connectivity index (χ3v) is 10.4. The molecule has 2 fully saturated rings. The van der Waals surface area contributed by atoms with E-state index < -0.39 is 49.9 Å². The third kappa shape index (κ3) is 6.14. The molecule has 0 amide bonds. The molecule has 1 N–H and O–H groups in total. The molecule has 51 heavy (non-hydrogen) atoms. The molecule has 0 aliphatic carbocycles. The van der Waals surface area contributed by atoms with Crippen molar-refractivity contribution in [2.24, 2.45) is 0 Å². The predicted octanol–water partition coefficient (Wildman–Crippen LogP) is 7.51. The summed E-state index contributed by atoms with van der Waals surface area (Å²) in [4.78, 5) is 14.0. The first kappa shape index (κ1) is 35.0. The van der Waals surface area contributed by atoms with Crippen molar-refractivity contribution in [1.82, 2.24) is 19.5 Å². The summed E-state index contributed by atoms with van der Waals surface area (Å²) < 4.78 is 80.6. The third-order valence-electron chi connectivity index (χ3n) is 8.85. The average molecular weight is 722 g/mol. The van der Waals surface area contributed by atoms with Crippen LogP contribution < -0.4 is 14.8 Å². The second kappa shape index (κ2) is 13.3. The number of nitrogens with zero attached hydrogens (tertiary/aromatic N) is 4. The lowest BCUT2D eigenvalue weighted by Gasteiger charge is -2.37. The zero-order chi connectivity index (χ0) is 36.0. The van der Waals surface area contributed by atoms with Gasteiger partial charge in [0.05, 0.1) is 26.1 Å². The summed E-state index contributed by atoms with van der Waals surface area (Å²) >= 11 is 0. The van der Waals surface area contributed by atoms with Crippen LogP contribution in [-0.4, -0.2) is 63.6 Å². The molecule has 5 atom stereocenters. The fourth-order valence-corrected chi connectivity index (χ4v) is 8.27. The van der Waals surface area contributed by atoms with Crippen LogP contribution in [0.5, 0.6) is 11.6 Å². The van der Waals surface area contributed by atoms with Gasteiger partial charge in [-0.2, -0.15) is 9.97 Å². The number of halogens is 2. The number of alkyl halides is 2. The Morgan fingerprint density at radius 2 is 1.63 bits per heavy atom. The first-order valence-corrected chi connectivity index (χ1v) is 18.0. The van der Waals surface area contributed by atoms with Crippen molar-refractivity contribution in [1.29, 1.82) is 0 Å². The number of phosphoric ester groups is 1. The molecule has 2 aliphatic rings. The maximum atomic E-state index is 16.9. The Kier molecular flexibility index (Phi) is 9.09. The molecule has 12 nitrogen and oxygen atoms in total. The van der Waals surface area contributed by atoms with Crippen LogP contribution in [0.25, 0.3) is 11.2 Å². The van der Waals surface area contributed by atoms with Crippen LogP contribution >= 0.6 is 7.82 Å². The van der Waals surface area contributed by atoms with Crippen LogP contribution in [0.15, 0.2) is 91.3 Å². The maximum absolute atomic E-state index is 16.9. The maximum Gasteiger partial charge on any atom is 0.475 e. The molecule has 15 heteroatoms. The van der Waals surface area contributed by atoms with E-state index in [1.165, 1.54) is 10.9 Å². The van der Waals surface area contributed by atoms with Crippen molar-refractivity contribution >= 4 is 24.9 Å². The van der Waals surface area contributed by atoms with Crippen molar-refractivity contribution in [2.45, 2.75) is 63.2 Å². The van der Waals surface area contributed by atoms with Crippen LogP contribution in [0.4, 0.5) is 14.7 Å². The number of methoxy groups -OCH3 is 1. The normalized spacial score (nSPS) is 26.3. The summed E-state index contributed by atoms with van der Waals surface area (Å²) in [5, 5.41) is 3.59. The quantitative estimate of drug-likeness (QED) is 0.108. The molecule has 4 heterocycles. The van der Waals surface area contributed by atoms with E-state index in [1.54, 1.807) is 27.9 Å². The highest BCUT2D eigenvalue weighted by atomic mass is 31.2. The monoisotopic (exact) mass is 721 g/mol. The number of phosphoric acid groups is 1. The second-order valence-corrected chi connectivity index (χ2v) is 14.3. The smallest absolute Gasteiger partial charge is 0.475 e. The van der Waals surface area contributed by atoms with Crippen molar-refractivity contribution in [3.63, 3.8) is 0 Å². The van der Waals surface area contributed by atoms with Crippen LogP contribution in [0.1, 0.15) is 50.6 Å². The summed E-state index contributed by atoms with van der Waals surface area (Å²) in [5.41, 5.74) is -0.853. The molecule has 5 aromatic rings. The van der Waals surface area contributed by atoms with Gasteiger partial charge in [-0.1, -0.05) is 72.8 Å². The summed E-state index contributed by atoms with van der Waals surface area (Å²) in [6, 6.07) is 27.2. The van der Waals surface area contributed by atoms with Gasteiger partial charge in [-0.05, 0) is 56.5 Å². The largest absolute Gasteiger partial charge is 0.497 e. The molecule has 2 saturated heterocycles. The van der Waals surface area contributed by atoms with E-state index in [1.807, 2.05) is 84.9 Å². The zero-order valence-corrected chi connectivity index (χ0v) is 29.6. The van der Waals surface area contributed by atoms with Gasteiger partial charge >= 0.3 is 7.82 Å². The van der Waals surface area contributed by atoms with E-state index >= 15 is 8.78 Å². The van der Waals surface area contributed by atoms with E-state index in [-0.39, 0.29) is 29.6 Å². The Bertz CT molecular complexity index is 2010. The molecule has 3 aromatic carbocycles. The number of aromatic nitrogens is 4. The Balaban J connectivity index is 1.38. The van der Waals surface area contributed by atoms with Gasteiger partial charge in [-0.3, -0.25) is 18.1 Å². The lowest BCUT2D eigenvalue weighted by atomic mass is 9.77. The van der Waals surface area contributed by atoms with Crippen LogP contribution in [-0.2, 0) is 28.4 Å². The number of fused-ring (bicyclic) bond motifs is 2. The topological polar surface area (TPSA) is 128 Å². The van der Waals surface area contributed by atoms with Crippen molar-refractivity contribution in [3.8, 4) is 11.6 Å². The van der Waals surface area contributed by atoms with Crippen LogP contribution in [0.3, 0.4) is 0 Å². The van der Waals surface area contributed by atoms with E-state index in [4.69, 9.17) is 37.7 Å². The average Bonchev–Trinajstić information content (AvgIpc) is 3.63. The predicted molar refractivity (Wildman–Crippen MR) is 184 cm³/mol. The van der Waals surface area contributed by atoms with E-state index in [9.17, 15) is 4.57 Å². The molecule has 7 rings (SSSR count). The number of imidazole rings is 1. The highest BCUT2D eigenvalue weighted by Gasteiger charge is 2.70. The summed E-state index contributed by atoms with van der Waals surface area (Å²) in [6.07, 6.45) is -2.97. The Morgan fingerprint density at radius 3 is 2.22 bits per heavy atom. The lowest BCUT2D eigenvalue weighted by Crippen LogP contribution is -2.51. The van der Waals surface area contributed by atoms with E-state index in [0.717, 1.165) is 23.6 Å². The first-order chi connectivity index (χ1) is 24.4.